The average Bonchev–Trinajstić information content (AvgIpc) is 3.03. The van der Waals surface area contributed by atoms with Gasteiger partial charge in [-0.3, -0.25) is 4.79 Å². The monoisotopic (exact) mass is 439 g/mol. The van der Waals surface area contributed by atoms with E-state index in [1.54, 1.807) is 20.8 Å². The number of aromatic amines is 1. The molecule has 1 aromatic heterocycles. The number of piperidine rings is 1. The summed E-state index contributed by atoms with van der Waals surface area (Å²) in [5, 5.41) is 3.12. The fraction of sp³-hybridized carbons (Fsp3) is 0.714. The third kappa shape index (κ3) is 4.72. The lowest BCUT2D eigenvalue weighted by atomic mass is 9.93. The normalized spacial score (nSPS) is 21.4. The fourth-order valence-corrected chi connectivity index (χ4v) is 6.54. The molecule has 9 heteroatoms. The largest absolute Gasteiger partial charge is 0.462 e. The van der Waals surface area contributed by atoms with Crippen LogP contribution in [0.4, 0.5) is 0 Å². The first-order chi connectivity index (χ1) is 14.3. The van der Waals surface area contributed by atoms with Crippen molar-refractivity contribution in [3.8, 4) is 0 Å². The van der Waals surface area contributed by atoms with E-state index in [0.29, 0.717) is 30.8 Å². The van der Waals surface area contributed by atoms with Crippen molar-refractivity contribution >= 4 is 21.9 Å². The van der Waals surface area contributed by atoms with E-state index in [4.69, 9.17) is 4.74 Å². The lowest BCUT2D eigenvalue weighted by Crippen LogP contribution is -2.48. The Morgan fingerprint density at radius 2 is 1.80 bits per heavy atom. The summed E-state index contributed by atoms with van der Waals surface area (Å²) in [5.41, 5.74) is 0.931. The molecule has 0 aromatic carbocycles. The van der Waals surface area contributed by atoms with Gasteiger partial charge in [-0.25, -0.2) is 13.2 Å². The Hall–Kier alpha value is -1.87. The second kappa shape index (κ2) is 9.51. The number of rotatable bonds is 6. The van der Waals surface area contributed by atoms with Crippen molar-refractivity contribution < 1.29 is 22.7 Å². The van der Waals surface area contributed by atoms with Crippen molar-refractivity contribution in [1.29, 1.82) is 0 Å². The van der Waals surface area contributed by atoms with Crippen molar-refractivity contribution in [2.24, 2.45) is 5.92 Å². The number of hydrogen-bond donors (Lipinski definition) is 2. The molecule has 0 spiro atoms. The zero-order valence-electron chi connectivity index (χ0n) is 18.1. The molecule has 2 fully saturated rings. The maximum absolute atomic E-state index is 13.5. The Morgan fingerprint density at radius 3 is 2.47 bits per heavy atom. The van der Waals surface area contributed by atoms with Gasteiger partial charge in [0.2, 0.25) is 15.9 Å². The summed E-state index contributed by atoms with van der Waals surface area (Å²) in [5.74, 6) is -1.09. The van der Waals surface area contributed by atoms with Gasteiger partial charge in [-0.1, -0.05) is 19.3 Å². The van der Waals surface area contributed by atoms with Crippen LogP contribution in [0.5, 0.6) is 0 Å². The molecule has 1 aromatic rings. The van der Waals surface area contributed by atoms with Gasteiger partial charge in [0.15, 0.2) is 0 Å². The SMILES string of the molecule is CCOC(=O)c1c(C)[nH]c(C)c1S(=O)(=O)N1CCCC(C(=O)NC2CCCCC2)C1. The molecule has 0 radical (unpaired) electrons. The molecule has 1 saturated heterocycles. The van der Waals surface area contributed by atoms with Crippen LogP contribution in [-0.2, 0) is 19.6 Å². The van der Waals surface area contributed by atoms with Gasteiger partial charge in [0, 0.05) is 30.5 Å². The molecule has 2 N–H and O–H groups in total. The highest BCUT2D eigenvalue weighted by atomic mass is 32.2. The first kappa shape index (κ1) is 22.8. The molecule has 1 saturated carbocycles. The Kier molecular flexibility index (Phi) is 7.23. The van der Waals surface area contributed by atoms with Crippen LogP contribution in [-0.4, -0.2) is 55.3 Å². The minimum absolute atomic E-state index is 0.0354. The Balaban J connectivity index is 1.79. The third-order valence-electron chi connectivity index (χ3n) is 6.10. The average molecular weight is 440 g/mol. The van der Waals surface area contributed by atoms with E-state index in [1.165, 1.54) is 10.7 Å². The minimum atomic E-state index is -3.94. The number of esters is 1. The third-order valence-corrected chi connectivity index (χ3v) is 8.14. The summed E-state index contributed by atoms with van der Waals surface area (Å²) >= 11 is 0. The topological polar surface area (TPSA) is 109 Å². The number of carbonyl (C=O) groups excluding carboxylic acids is 2. The Labute approximate surface area is 178 Å². The highest BCUT2D eigenvalue weighted by Crippen LogP contribution is 2.31. The van der Waals surface area contributed by atoms with E-state index in [-0.39, 0.29) is 41.5 Å². The number of hydrogen-bond acceptors (Lipinski definition) is 5. The number of amides is 1. The lowest BCUT2D eigenvalue weighted by Gasteiger charge is -2.33. The summed E-state index contributed by atoms with van der Waals surface area (Å²) in [4.78, 5) is 28.2. The predicted octanol–water partition coefficient (Wildman–Crippen LogP) is 2.66. The number of H-pyrrole nitrogens is 1. The van der Waals surface area contributed by atoms with Crippen LogP contribution in [0.25, 0.3) is 0 Å². The van der Waals surface area contributed by atoms with Crippen molar-refractivity contribution in [3.05, 3.63) is 17.0 Å². The molecular weight excluding hydrogens is 406 g/mol. The summed E-state index contributed by atoms with van der Waals surface area (Å²) < 4.78 is 33.4. The maximum atomic E-state index is 13.5. The van der Waals surface area contributed by atoms with Crippen molar-refractivity contribution in [2.75, 3.05) is 19.7 Å². The summed E-state index contributed by atoms with van der Waals surface area (Å²) in [7, 11) is -3.94. The van der Waals surface area contributed by atoms with Crippen molar-refractivity contribution in [1.82, 2.24) is 14.6 Å². The maximum Gasteiger partial charge on any atom is 0.341 e. The van der Waals surface area contributed by atoms with Crippen LogP contribution in [0, 0.1) is 19.8 Å². The van der Waals surface area contributed by atoms with Crippen LogP contribution in [0.1, 0.15) is 73.6 Å². The van der Waals surface area contributed by atoms with E-state index >= 15 is 0 Å². The standard InChI is InChI=1S/C21H33N3O5S/c1-4-29-21(26)18-14(2)22-15(3)19(18)30(27,28)24-12-8-9-16(13-24)20(25)23-17-10-6-5-7-11-17/h16-17,22H,4-13H2,1-3H3,(H,23,25). The van der Waals surface area contributed by atoms with E-state index in [1.807, 2.05) is 0 Å². The number of aromatic nitrogens is 1. The lowest BCUT2D eigenvalue weighted by molar-refractivity contribution is -0.127. The number of sulfonamides is 1. The Bertz CT molecular complexity index is 887. The van der Waals surface area contributed by atoms with Gasteiger partial charge >= 0.3 is 5.97 Å². The van der Waals surface area contributed by atoms with Gasteiger partial charge in [0.1, 0.15) is 10.5 Å². The van der Waals surface area contributed by atoms with Crippen LogP contribution in [0.2, 0.25) is 0 Å². The van der Waals surface area contributed by atoms with E-state index < -0.39 is 16.0 Å². The second-order valence-electron chi connectivity index (χ2n) is 8.35. The Morgan fingerprint density at radius 1 is 1.10 bits per heavy atom. The number of aryl methyl sites for hydroxylation is 2. The predicted molar refractivity (Wildman–Crippen MR) is 113 cm³/mol. The smallest absolute Gasteiger partial charge is 0.341 e. The molecule has 2 heterocycles. The molecule has 168 valence electrons. The first-order valence-corrected chi connectivity index (χ1v) is 12.4. The molecule has 1 aliphatic carbocycles. The first-order valence-electron chi connectivity index (χ1n) is 10.9. The molecule has 1 atom stereocenters. The van der Waals surface area contributed by atoms with Gasteiger partial charge in [0.05, 0.1) is 12.5 Å². The van der Waals surface area contributed by atoms with Gasteiger partial charge in [-0.15, -0.1) is 0 Å². The highest BCUT2D eigenvalue weighted by molar-refractivity contribution is 7.89. The molecule has 2 aliphatic rings. The molecule has 3 rings (SSSR count). The van der Waals surface area contributed by atoms with E-state index in [0.717, 1.165) is 25.7 Å². The van der Waals surface area contributed by atoms with Crippen LogP contribution < -0.4 is 5.32 Å². The molecule has 0 bridgehead atoms. The minimum Gasteiger partial charge on any atom is -0.462 e. The van der Waals surface area contributed by atoms with Gasteiger partial charge in [-0.05, 0) is 46.5 Å². The summed E-state index contributed by atoms with van der Waals surface area (Å²) in [6, 6.07) is 0.197. The summed E-state index contributed by atoms with van der Waals surface area (Å²) in [6.07, 6.45) is 6.72. The molecular formula is C21H33N3O5S. The quantitative estimate of drug-likeness (QED) is 0.663. The van der Waals surface area contributed by atoms with Crippen molar-refractivity contribution in [3.63, 3.8) is 0 Å². The second-order valence-corrected chi connectivity index (χ2v) is 10.2. The molecule has 30 heavy (non-hydrogen) atoms. The van der Waals surface area contributed by atoms with Crippen LogP contribution in [0.15, 0.2) is 4.90 Å². The van der Waals surface area contributed by atoms with E-state index in [9.17, 15) is 18.0 Å². The van der Waals surface area contributed by atoms with Crippen LogP contribution >= 0.6 is 0 Å². The zero-order chi connectivity index (χ0) is 21.9. The van der Waals surface area contributed by atoms with Gasteiger partial charge < -0.3 is 15.0 Å². The number of ether oxygens (including phenoxy) is 1. The van der Waals surface area contributed by atoms with Gasteiger partial charge in [0.25, 0.3) is 0 Å². The van der Waals surface area contributed by atoms with Crippen LogP contribution in [0.3, 0.4) is 0 Å². The number of carbonyl (C=O) groups is 2. The van der Waals surface area contributed by atoms with E-state index in [2.05, 4.69) is 10.3 Å². The fourth-order valence-electron chi connectivity index (χ4n) is 4.60. The molecule has 1 aliphatic heterocycles. The highest BCUT2D eigenvalue weighted by Gasteiger charge is 2.38. The number of nitrogens with one attached hydrogen (secondary N) is 2. The molecule has 8 nitrogen and oxygen atoms in total. The number of nitrogens with zero attached hydrogens (tertiary/aromatic N) is 1. The van der Waals surface area contributed by atoms with Crippen molar-refractivity contribution in [2.45, 2.75) is 76.7 Å². The molecule has 1 unspecified atom stereocenters. The molecule has 1 amide bonds. The summed E-state index contributed by atoms with van der Waals surface area (Å²) in [6.45, 7) is 5.61. The van der Waals surface area contributed by atoms with Gasteiger partial charge in [-0.2, -0.15) is 4.31 Å². The zero-order valence-corrected chi connectivity index (χ0v) is 18.9.